The summed E-state index contributed by atoms with van der Waals surface area (Å²) in [6.07, 6.45) is -2.08. The van der Waals surface area contributed by atoms with Crippen LogP contribution in [0.15, 0.2) is 48.5 Å². The van der Waals surface area contributed by atoms with Gasteiger partial charge in [-0.25, -0.2) is 13.2 Å². The smallest absolute Gasteiger partial charge is 0.422 e. The van der Waals surface area contributed by atoms with E-state index in [0.717, 1.165) is 5.56 Å². The van der Waals surface area contributed by atoms with Crippen LogP contribution in [0.3, 0.4) is 0 Å². The van der Waals surface area contributed by atoms with E-state index in [1.807, 2.05) is 0 Å². The van der Waals surface area contributed by atoms with Gasteiger partial charge in [0.25, 0.3) is 0 Å². The first-order valence-corrected chi connectivity index (χ1v) is 15.3. The molecule has 1 heterocycles. The number of halogens is 3. The Morgan fingerprint density at radius 1 is 0.955 bits per heavy atom. The van der Waals surface area contributed by atoms with Crippen LogP contribution in [-0.2, 0) is 20.3 Å². The van der Waals surface area contributed by atoms with Crippen LogP contribution in [0.25, 0.3) is 0 Å². The largest absolute Gasteiger partial charge is 0.456 e. The number of hydrogen-bond donors (Lipinski definition) is 3. The van der Waals surface area contributed by atoms with E-state index in [-0.39, 0.29) is 11.9 Å². The Labute approximate surface area is 251 Å². The summed E-state index contributed by atoms with van der Waals surface area (Å²) in [6.45, 7) is 3.66. The third-order valence-electron chi connectivity index (χ3n) is 6.50. The van der Waals surface area contributed by atoms with Crippen molar-refractivity contribution in [3.8, 4) is 11.8 Å². The standard InChI is InChI=1S/C28H31F3N6O6S/c1-26(2,3)42-22(38)17-4-8-19(9-5-17)32-23-33-24(35-25(34-23)41-16-28(29,30)31)36-27(14-15-27)18-6-10-20(11-7-18)43-37-44(39,40)21-12-13-21/h4-11,21,37H,12-16H2,1-3H3,(H2,32,33,34,35,36). The average molecular weight is 637 g/mol. The fraction of sp³-hybridized carbons (Fsp3) is 0.429. The van der Waals surface area contributed by atoms with E-state index in [4.69, 9.17) is 14.3 Å². The summed E-state index contributed by atoms with van der Waals surface area (Å²) < 4.78 is 72.8. The topological polar surface area (TPSA) is 154 Å². The highest BCUT2D eigenvalue weighted by molar-refractivity contribution is 7.90. The molecule has 44 heavy (non-hydrogen) atoms. The Morgan fingerprint density at radius 3 is 2.16 bits per heavy atom. The molecule has 0 radical (unpaired) electrons. The number of nitrogens with one attached hydrogen (secondary N) is 3. The number of esters is 1. The summed E-state index contributed by atoms with van der Waals surface area (Å²) in [7, 11) is -3.53. The molecule has 0 atom stereocenters. The number of anilines is 3. The van der Waals surface area contributed by atoms with Crippen molar-refractivity contribution in [1.82, 2.24) is 19.8 Å². The molecule has 2 saturated carbocycles. The van der Waals surface area contributed by atoms with Gasteiger partial charge >= 0.3 is 18.2 Å². The second-order valence-electron chi connectivity index (χ2n) is 11.5. The lowest BCUT2D eigenvalue weighted by Gasteiger charge is -2.20. The summed E-state index contributed by atoms with van der Waals surface area (Å²) in [4.78, 5) is 32.0. The van der Waals surface area contributed by atoms with Gasteiger partial charge < -0.3 is 24.9 Å². The summed E-state index contributed by atoms with van der Waals surface area (Å²) in [5.41, 5.74) is 0.275. The number of rotatable bonds is 12. The first-order valence-electron chi connectivity index (χ1n) is 13.7. The Balaban J connectivity index is 1.31. The first kappa shape index (κ1) is 31.3. The third-order valence-corrected chi connectivity index (χ3v) is 8.17. The molecule has 3 aromatic rings. The van der Waals surface area contributed by atoms with Gasteiger partial charge in [0.05, 0.1) is 16.4 Å². The molecule has 0 aliphatic heterocycles. The van der Waals surface area contributed by atoms with Crippen LogP contribution in [0.1, 0.15) is 62.4 Å². The molecule has 0 bridgehead atoms. The van der Waals surface area contributed by atoms with Crippen LogP contribution < -0.4 is 25.1 Å². The number of sulfonamides is 1. The lowest BCUT2D eigenvalue weighted by molar-refractivity contribution is -0.154. The van der Waals surface area contributed by atoms with E-state index in [9.17, 15) is 26.4 Å². The maximum atomic E-state index is 12.9. The summed E-state index contributed by atoms with van der Waals surface area (Å²) in [6, 6.07) is 12.4. The van der Waals surface area contributed by atoms with E-state index in [2.05, 4.69) is 30.5 Å². The number of ether oxygens (including phenoxy) is 2. The number of carbonyl (C=O) groups excluding carboxylic acids is 1. The van der Waals surface area contributed by atoms with Gasteiger partial charge in [-0.05, 0) is 93.3 Å². The normalized spacial score (nSPS) is 16.1. The molecule has 2 fully saturated rings. The van der Waals surface area contributed by atoms with Crippen molar-refractivity contribution >= 4 is 33.6 Å². The van der Waals surface area contributed by atoms with Crippen LogP contribution in [0, 0.1) is 0 Å². The van der Waals surface area contributed by atoms with Crippen LogP contribution in [0.2, 0.25) is 0 Å². The fourth-order valence-corrected chi connectivity index (χ4v) is 5.16. The van der Waals surface area contributed by atoms with Crippen molar-refractivity contribution in [3.63, 3.8) is 0 Å². The fourth-order valence-electron chi connectivity index (χ4n) is 4.05. The van der Waals surface area contributed by atoms with E-state index in [0.29, 0.717) is 42.7 Å². The number of nitrogens with zero attached hydrogens (tertiary/aromatic N) is 3. The number of hydrogen-bond acceptors (Lipinski definition) is 11. The quantitative estimate of drug-likeness (QED) is 0.182. The molecule has 2 aromatic carbocycles. The van der Waals surface area contributed by atoms with Gasteiger partial charge in [-0.2, -0.15) is 28.1 Å². The number of benzene rings is 2. The molecular weight excluding hydrogens is 605 g/mol. The molecule has 16 heteroatoms. The van der Waals surface area contributed by atoms with E-state index in [1.165, 1.54) is 12.1 Å². The minimum absolute atomic E-state index is 0.0277. The van der Waals surface area contributed by atoms with Crippen molar-refractivity contribution in [2.45, 2.75) is 69.0 Å². The minimum Gasteiger partial charge on any atom is -0.456 e. The SMILES string of the molecule is CC(C)(C)OC(=O)c1ccc(Nc2nc(NC3(c4ccc(ONS(=O)(=O)C5CC5)cc4)CC3)nc(OCC(F)(F)F)n2)cc1. The van der Waals surface area contributed by atoms with Gasteiger partial charge in [0, 0.05) is 5.69 Å². The van der Waals surface area contributed by atoms with Crippen molar-refractivity contribution in [2.75, 3.05) is 17.2 Å². The van der Waals surface area contributed by atoms with Crippen molar-refractivity contribution < 1.29 is 40.7 Å². The highest BCUT2D eigenvalue weighted by atomic mass is 32.2. The van der Waals surface area contributed by atoms with E-state index in [1.54, 1.807) is 57.2 Å². The monoisotopic (exact) mass is 636 g/mol. The lowest BCUT2D eigenvalue weighted by atomic mass is 10.1. The zero-order valence-electron chi connectivity index (χ0n) is 24.1. The molecule has 236 valence electrons. The van der Waals surface area contributed by atoms with Crippen molar-refractivity contribution in [2.24, 2.45) is 0 Å². The molecular formula is C28H31F3N6O6S. The van der Waals surface area contributed by atoms with E-state index < -0.39 is 51.2 Å². The zero-order valence-corrected chi connectivity index (χ0v) is 24.9. The van der Waals surface area contributed by atoms with Crippen LogP contribution in [-0.4, -0.2) is 53.0 Å². The number of carbonyl (C=O) groups is 1. The molecule has 2 aliphatic rings. The Hall–Kier alpha value is -4.18. The predicted molar refractivity (Wildman–Crippen MR) is 153 cm³/mol. The van der Waals surface area contributed by atoms with Crippen molar-refractivity contribution in [3.05, 3.63) is 59.7 Å². The zero-order chi connectivity index (χ0) is 31.8. The molecule has 0 saturated heterocycles. The van der Waals surface area contributed by atoms with Crippen LogP contribution >= 0.6 is 0 Å². The minimum atomic E-state index is -4.61. The maximum absolute atomic E-state index is 12.9. The van der Waals surface area contributed by atoms with Gasteiger partial charge in [-0.1, -0.05) is 12.1 Å². The molecule has 0 spiro atoms. The molecule has 2 aliphatic carbocycles. The van der Waals surface area contributed by atoms with Crippen LogP contribution in [0.4, 0.5) is 30.8 Å². The molecule has 5 rings (SSSR count). The molecule has 12 nitrogen and oxygen atoms in total. The molecule has 1 aromatic heterocycles. The predicted octanol–water partition coefficient (Wildman–Crippen LogP) is 4.99. The average Bonchev–Trinajstić information content (AvgIpc) is 3.86. The van der Waals surface area contributed by atoms with Crippen LogP contribution in [0.5, 0.6) is 11.8 Å². The third kappa shape index (κ3) is 8.47. The van der Waals surface area contributed by atoms with Gasteiger partial charge in [0.1, 0.15) is 11.4 Å². The Morgan fingerprint density at radius 2 is 1.59 bits per heavy atom. The van der Waals surface area contributed by atoms with Gasteiger partial charge in [-0.3, -0.25) is 0 Å². The Bertz CT molecular complexity index is 1600. The molecule has 3 N–H and O–H groups in total. The van der Waals surface area contributed by atoms with Gasteiger partial charge in [-0.15, -0.1) is 0 Å². The summed E-state index contributed by atoms with van der Waals surface area (Å²) in [5, 5.41) is 5.65. The van der Waals surface area contributed by atoms with E-state index >= 15 is 0 Å². The maximum Gasteiger partial charge on any atom is 0.422 e. The Kier molecular flexibility index (Phi) is 8.33. The molecule has 0 amide bonds. The summed E-state index contributed by atoms with van der Waals surface area (Å²) in [5.74, 6) is -0.333. The number of alkyl halides is 3. The second kappa shape index (κ2) is 11.7. The highest BCUT2D eigenvalue weighted by Crippen LogP contribution is 2.48. The van der Waals surface area contributed by atoms with Gasteiger partial charge in [0.2, 0.25) is 21.9 Å². The number of aromatic nitrogens is 3. The molecule has 0 unspecified atom stereocenters. The van der Waals surface area contributed by atoms with Crippen molar-refractivity contribution in [1.29, 1.82) is 0 Å². The first-order chi connectivity index (χ1) is 20.6. The summed E-state index contributed by atoms with van der Waals surface area (Å²) >= 11 is 0. The second-order valence-corrected chi connectivity index (χ2v) is 13.5. The highest BCUT2D eigenvalue weighted by Gasteiger charge is 2.45. The van der Waals surface area contributed by atoms with Gasteiger partial charge in [0.15, 0.2) is 6.61 Å². The lowest BCUT2D eigenvalue weighted by Crippen LogP contribution is -2.30.